The Morgan fingerprint density at radius 3 is 2.27 bits per heavy atom. The number of rotatable bonds is 6. The quantitative estimate of drug-likeness (QED) is 0.639. The molecule has 1 unspecified atom stereocenters. The first-order valence-corrected chi connectivity index (χ1v) is 8.40. The zero-order valence-electron chi connectivity index (χ0n) is 14.2. The molecular weight excluding hydrogens is 328 g/mol. The van der Waals surface area contributed by atoms with Crippen LogP contribution in [-0.2, 0) is 17.8 Å². The summed E-state index contributed by atoms with van der Waals surface area (Å²) in [6, 6.07) is 21.6. The van der Waals surface area contributed by atoms with Crippen molar-refractivity contribution in [3.05, 3.63) is 83.9 Å². The summed E-state index contributed by atoms with van der Waals surface area (Å²) in [5, 5.41) is 16.8. The van der Waals surface area contributed by atoms with Gasteiger partial charge in [-0.1, -0.05) is 72.8 Å². The minimum absolute atomic E-state index is 0.221. The van der Waals surface area contributed by atoms with Crippen LogP contribution >= 0.6 is 0 Å². The van der Waals surface area contributed by atoms with Crippen molar-refractivity contribution in [1.82, 2.24) is 10.6 Å². The Hall–Kier alpha value is -3.34. The van der Waals surface area contributed by atoms with Crippen LogP contribution in [0, 0.1) is 0 Å². The van der Waals surface area contributed by atoms with Crippen LogP contribution in [0.1, 0.15) is 11.1 Å². The summed E-state index contributed by atoms with van der Waals surface area (Å²) in [7, 11) is 0. The summed E-state index contributed by atoms with van der Waals surface area (Å²) in [4.78, 5) is 23.6. The number of nitrogens with one attached hydrogen (secondary N) is 2. The average molecular weight is 348 g/mol. The smallest absolute Gasteiger partial charge is 0.326 e. The molecule has 0 spiro atoms. The van der Waals surface area contributed by atoms with E-state index >= 15 is 0 Å². The Bertz CT molecular complexity index is 909. The van der Waals surface area contributed by atoms with Crippen molar-refractivity contribution in [3.8, 4) is 0 Å². The third-order valence-corrected chi connectivity index (χ3v) is 4.15. The van der Waals surface area contributed by atoms with Gasteiger partial charge in [-0.25, -0.2) is 9.59 Å². The summed E-state index contributed by atoms with van der Waals surface area (Å²) < 4.78 is 0. The number of carbonyl (C=O) groups is 2. The van der Waals surface area contributed by atoms with E-state index in [1.807, 2.05) is 72.8 Å². The standard InChI is InChI=1S/C21H20N2O3/c24-20(25)19(23-21(26)22-14-15-6-2-1-3-7-15)13-16-10-11-17-8-4-5-9-18(17)12-16/h1-12,19H,13-14H2,(H,24,25)(H2,22,23,26). The highest BCUT2D eigenvalue weighted by atomic mass is 16.4. The Labute approximate surface area is 151 Å². The average Bonchev–Trinajstić information content (AvgIpc) is 2.66. The van der Waals surface area contributed by atoms with Gasteiger partial charge >= 0.3 is 12.0 Å². The Kier molecular flexibility index (Phi) is 5.49. The predicted molar refractivity (Wildman–Crippen MR) is 101 cm³/mol. The lowest BCUT2D eigenvalue weighted by molar-refractivity contribution is -0.139. The summed E-state index contributed by atoms with van der Waals surface area (Å²) in [6.45, 7) is 0.342. The Morgan fingerprint density at radius 2 is 1.54 bits per heavy atom. The first kappa shape index (κ1) is 17.5. The summed E-state index contributed by atoms with van der Waals surface area (Å²) >= 11 is 0. The number of aliphatic carboxylic acids is 1. The van der Waals surface area contributed by atoms with E-state index in [0.29, 0.717) is 6.54 Å². The van der Waals surface area contributed by atoms with Crippen molar-refractivity contribution >= 4 is 22.8 Å². The largest absolute Gasteiger partial charge is 0.480 e. The van der Waals surface area contributed by atoms with Crippen LogP contribution in [0.3, 0.4) is 0 Å². The molecule has 0 radical (unpaired) electrons. The van der Waals surface area contributed by atoms with Gasteiger partial charge in [0.05, 0.1) is 0 Å². The highest BCUT2D eigenvalue weighted by Crippen LogP contribution is 2.16. The molecule has 5 nitrogen and oxygen atoms in total. The maximum absolute atomic E-state index is 12.0. The van der Waals surface area contributed by atoms with Crippen LogP contribution < -0.4 is 10.6 Å². The maximum atomic E-state index is 12.0. The topological polar surface area (TPSA) is 78.4 Å². The first-order chi connectivity index (χ1) is 12.6. The lowest BCUT2D eigenvalue weighted by Crippen LogP contribution is -2.46. The zero-order valence-corrected chi connectivity index (χ0v) is 14.2. The minimum Gasteiger partial charge on any atom is -0.480 e. The number of fused-ring (bicyclic) bond motifs is 1. The van der Waals surface area contributed by atoms with Gasteiger partial charge in [0.25, 0.3) is 0 Å². The van der Waals surface area contributed by atoms with Crippen LogP contribution in [0.4, 0.5) is 4.79 Å². The fourth-order valence-electron chi connectivity index (χ4n) is 2.79. The van der Waals surface area contributed by atoms with Gasteiger partial charge in [0.1, 0.15) is 6.04 Å². The van der Waals surface area contributed by atoms with Gasteiger partial charge in [-0.05, 0) is 21.9 Å². The van der Waals surface area contributed by atoms with E-state index in [2.05, 4.69) is 10.6 Å². The van der Waals surface area contributed by atoms with Gasteiger partial charge in [-0.3, -0.25) is 0 Å². The molecule has 0 aliphatic carbocycles. The van der Waals surface area contributed by atoms with Gasteiger partial charge in [0, 0.05) is 13.0 Å². The van der Waals surface area contributed by atoms with Gasteiger partial charge in [-0.2, -0.15) is 0 Å². The van der Waals surface area contributed by atoms with Crippen LogP contribution in [0.15, 0.2) is 72.8 Å². The van der Waals surface area contributed by atoms with E-state index in [0.717, 1.165) is 21.9 Å². The summed E-state index contributed by atoms with van der Waals surface area (Å²) in [5.74, 6) is -1.06. The van der Waals surface area contributed by atoms with Gasteiger partial charge in [0.2, 0.25) is 0 Å². The molecule has 3 aromatic carbocycles. The molecule has 3 rings (SSSR count). The third kappa shape index (κ3) is 4.60. The fourth-order valence-corrected chi connectivity index (χ4v) is 2.79. The molecule has 1 atom stereocenters. The molecule has 0 aliphatic rings. The van der Waals surface area contributed by atoms with Gasteiger partial charge in [0.15, 0.2) is 0 Å². The number of carboxylic acids is 1. The normalized spacial score (nSPS) is 11.7. The molecule has 132 valence electrons. The molecule has 0 bridgehead atoms. The Morgan fingerprint density at radius 1 is 0.846 bits per heavy atom. The molecule has 2 amide bonds. The second kappa shape index (κ2) is 8.16. The second-order valence-corrected chi connectivity index (χ2v) is 6.09. The Balaban J connectivity index is 1.62. The van der Waals surface area contributed by atoms with E-state index in [1.54, 1.807) is 0 Å². The molecule has 26 heavy (non-hydrogen) atoms. The van der Waals surface area contributed by atoms with Crippen molar-refractivity contribution in [1.29, 1.82) is 0 Å². The molecular formula is C21H20N2O3. The molecule has 3 N–H and O–H groups in total. The van der Waals surface area contributed by atoms with E-state index in [4.69, 9.17) is 0 Å². The molecule has 0 aliphatic heterocycles. The maximum Gasteiger partial charge on any atom is 0.326 e. The zero-order chi connectivity index (χ0) is 18.4. The van der Waals surface area contributed by atoms with Crippen molar-refractivity contribution < 1.29 is 14.7 Å². The van der Waals surface area contributed by atoms with Crippen LogP contribution in [0.5, 0.6) is 0 Å². The number of benzene rings is 3. The number of hydrogen-bond donors (Lipinski definition) is 3. The number of amides is 2. The second-order valence-electron chi connectivity index (χ2n) is 6.09. The monoisotopic (exact) mass is 348 g/mol. The third-order valence-electron chi connectivity index (χ3n) is 4.15. The predicted octanol–water partition coefficient (Wildman–Crippen LogP) is 3.33. The van der Waals surface area contributed by atoms with E-state index in [1.165, 1.54) is 0 Å². The lowest BCUT2D eigenvalue weighted by atomic mass is 10.0. The molecule has 0 saturated carbocycles. The van der Waals surface area contributed by atoms with Crippen LogP contribution in [0.2, 0.25) is 0 Å². The minimum atomic E-state index is -1.06. The lowest BCUT2D eigenvalue weighted by Gasteiger charge is -2.16. The number of carboxylic acid groups (broad SMARTS) is 1. The highest BCUT2D eigenvalue weighted by molar-refractivity contribution is 5.84. The van der Waals surface area contributed by atoms with Crippen LogP contribution in [-0.4, -0.2) is 23.1 Å². The molecule has 0 aromatic heterocycles. The van der Waals surface area contributed by atoms with E-state index in [-0.39, 0.29) is 6.42 Å². The molecule has 0 saturated heterocycles. The molecule has 0 fully saturated rings. The van der Waals surface area contributed by atoms with E-state index < -0.39 is 18.0 Å². The van der Waals surface area contributed by atoms with Crippen molar-refractivity contribution in [2.75, 3.05) is 0 Å². The number of hydrogen-bond acceptors (Lipinski definition) is 2. The highest BCUT2D eigenvalue weighted by Gasteiger charge is 2.20. The number of carbonyl (C=O) groups excluding carboxylic acids is 1. The number of urea groups is 1. The summed E-state index contributed by atoms with van der Waals surface area (Å²) in [5.41, 5.74) is 1.81. The van der Waals surface area contributed by atoms with Crippen LogP contribution in [0.25, 0.3) is 10.8 Å². The molecule has 0 heterocycles. The summed E-state index contributed by atoms with van der Waals surface area (Å²) in [6.07, 6.45) is 0.221. The molecule has 3 aromatic rings. The van der Waals surface area contributed by atoms with Gasteiger partial charge in [-0.15, -0.1) is 0 Å². The first-order valence-electron chi connectivity index (χ1n) is 8.40. The molecule has 5 heteroatoms. The SMILES string of the molecule is O=C(NCc1ccccc1)NC(Cc1ccc2ccccc2c1)C(=O)O. The fraction of sp³-hybridized carbons (Fsp3) is 0.143. The van der Waals surface area contributed by atoms with E-state index in [9.17, 15) is 14.7 Å². The van der Waals surface area contributed by atoms with Crippen molar-refractivity contribution in [2.24, 2.45) is 0 Å². The van der Waals surface area contributed by atoms with Crippen molar-refractivity contribution in [3.63, 3.8) is 0 Å². The van der Waals surface area contributed by atoms with Crippen molar-refractivity contribution in [2.45, 2.75) is 19.0 Å². The van der Waals surface area contributed by atoms with Gasteiger partial charge < -0.3 is 15.7 Å².